The summed E-state index contributed by atoms with van der Waals surface area (Å²) in [7, 11) is 2.19. The van der Waals surface area contributed by atoms with E-state index in [1.165, 1.54) is 70.8 Å². The van der Waals surface area contributed by atoms with Gasteiger partial charge in [-0.25, -0.2) is 0 Å². The molecule has 2 aromatic heterocycles. The largest absolute Gasteiger partial charge is 0.343 e. The lowest BCUT2D eigenvalue weighted by atomic mass is 9.96. The summed E-state index contributed by atoms with van der Waals surface area (Å²) in [6.45, 7) is 0. The number of hydrogen-bond donors (Lipinski definition) is 0. The number of aromatic nitrogens is 2. The second-order valence-corrected chi connectivity index (χ2v) is 9.44. The van der Waals surface area contributed by atoms with Crippen molar-refractivity contribution in [2.75, 3.05) is 0 Å². The monoisotopic (exact) mass is 446 g/mol. The van der Waals surface area contributed by atoms with E-state index in [4.69, 9.17) is 0 Å². The van der Waals surface area contributed by atoms with Crippen LogP contribution < -0.4 is 0 Å². The lowest BCUT2D eigenvalue weighted by Gasteiger charge is -2.10. The van der Waals surface area contributed by atoms with E-state index in [0.29, 0.717) is 0 Å². The van der Waals surface area contributed by atoms with Gasteiger partial charge in [0.25, 0.3) is 0 Å². The predicted octanol–water partition coefficient (Wildman–Crippen LogP) is 8.74. The third kappa shape index (κ3) is 2.38. The molecule has 0 fully saturated rings. The molecule has 0 saturated carbocycles. The molecule has 0 N–H and O–H groups in total. The van der Waals surface area contributed by atoms with Gasteiger partial charge in [-0.15, -0.1) is 0 Å². The number of fused-ring (bicyclic) bond motifs is 11. The summed E-state index contributed by atoms with van der Waals surface area (Å²) in [5.41, 5.74) is 6.25. The van der Waals surface area contributed by atoms with Gasteiger partial charge in [-0.2, -0.15) is 0 Å². The van der Waals surface area contributed by atoms with Crippen molar-refractivity contribution < 1.29 is 0 Å². The number of para-hydroxylation sites is 3. The third-order valence-corrected chi connectivity index (χ3v) is 7.69. The Labute approximate surface area is 202 Å². The molecule has 0 bridgehead atoms. The van der Waals surface area contributed by atoms with Crippen LogP contribution in [0, 0.1) is 0 Å². The van der Waals surface area contributed by atoms with Crippen molar-refractivity contribution in [3.63, 3.8) is 0 Å². The zero-order valence-corrected chi connectivity index (χ0v) is 19.4. The van der Waals surface area contributed by atoms with Crippen LogP contribution in [0.3, 0.4) is 0 Å². The molecule has 2 heterocycles. The summed E-state index contributed by atoms with van der Waals surface area (Å²) < 4.78 is 4.75. The van der Waals surface area contributed by atoms with Crippen molar-refractivity contribution >= 4 is 65.2 Å². The summed E-state index contributed by atoms with van der Waals surface area (Å²) in [6, 6.07) is 42.0. The average Bonchev–Trinajstić information content (AvgIpc) is 3.41. The van der Waals surface area contributed by atoms with E-state index in [-0.39, 0.29) is 0 Å². The molecule has 0 saturated heterocycles. The molecular formula is C33H22N2. The van der Waals surface area contributed by atoms with Crippen molar-refractivity contribution in [2.24, 2.45) is 7.05 Å². The van der Waals surface area contributed by atoms with Gasteiger partial charge in [0.2, 0.25) is 0 Å². The summed E-state index contributed by atoms with van der Waals surface area (Å²) in [5, 5.41) is 10.5. The Morgan fingerprint density at radius 1 is 0.429 bits per heavy atom. The summed E-state index contributed by atoms with van der Waals surface area (Å²) >= 11 is 0. The van der Waals surface area contributed by atoms with Crippen LogP contribution in [0.15, 0.2) is 115 Å². The first-order valence-corrected chi connectivity index (χ1v) is 12.1. The van der Waals surface area contributed by atoms with Crippen molar-refractivity contribution in [2.45, 2.75) is 0 Å². The van der Waals surface area contributed by atoms with Crippen LogP contribution in [0.5, 0.6) is 0 Å². The van der Waals surface area contributed by atoms with Crippen LogP contribution in [-0.4, -0.2) is 9.13 Å². The van der Waals surface area contributed by atoms with Crippen molar-refractivity contribution in [1.29, 1.82) is 0 Å². The molecule has 8 rings (SSSR count). The van der Waals surface area contributed by atoms with E-state index in [1.807, 2.05) is 0 Å². The van der Waals surface area contributed by atoms with Crippen molar-refractivity contribution in [3.8, 4) is 5.69 Å². The fourth-order valence-electron chi connectivity index (χ4n) is 6.22. The van der Waals surface area contributed by atoms with Gasteiger partial charge in [-0.3, -0.25) is 0 Å². The van der Waals surface area contributed by atoms with E-state index in [0.717, 1.165) is 0 Å². The number of benzene rings is 6. The molecule has 0 aliphatic heterocycles. The SMILES string of the molecule is Cn1c2ccccc2c2ccc3c(ccc4ccc5c(c6ccccc6n5-c5ccccc5)c43)c21. The van der Waals surface area contributed by atoms with E-state index < -0.39 is 0 Å². The Bertz CT molecular complexity index is 2110. The summed E-state index contributed by atoms with van der Waals surface area (Å²) in [4.78, 5) is 0. The minimum atomic E-state index is 1.19. The summed E-state index contributed by atoms with van der Waals surface area (Å²) in [5.74, 6) is 0. The second-order valence-electron chi connectivity index (χ2n) is 9.44. The van der Waals surface area contributed by atoms with Crippen molar-refractivity contribution in [1.82, 2.24) is 9.13 Å². The maximum Gasteiger partial charge on any atom is 0.0568 e. The van der Waals surface area contributed by atoms with Gasteiger partial charge in [0.15, 0.2) is 0 Å². The minimum Gasteiger partial charge on any atom is -0.343 e. The average molecular weight is 447 g/mol. The van der Waals surface area contributed by atoms with E-state index in [1.54, 1.807) is 0 Å². The van der Waals surface area contributed by atoms with E-state index in [2.05, 4.69) is 131 Å². The standard InChI is InChI=1S/C33H22N2/c1-34-28-13-7-5-11-23(28)25-19-18-24-26(33(25)34)17-15-21-16-20-30-32(31(21)24)27-12-6-8-14-29(27)35(30)22-9-3-2-4-10-22/h2-20H,1H3. The maximum absolute atomic E-state index is 2.40. The van der Waals surface area contributed by atoms with Crippen LogP contribution in [0.2, 0.25) is 0 Å². The summed E-state index contributed by atoms with van der Waals surface area (Å²) in [6.07, 6.45) is 0. The fraction of sp³-hybridized carbons (Fsp3) is 0.0303. The predicted molar refractivity (Wildman–Crippen MR) is 150 cm³/mol. The highest BCUT2D eigenvalue weighted by Gasteiger charge is 2.18. The number of rotatable bonds is 1. The molecule has 0 unspecified atom stereocenters. The van der Waals surface area contributed by atoms with Gasteiger partial charge in [0, 0.05) is 45.2 Å². The number of aryl methyl sites for hydroxylation is 1. The Balaban J connectivity index is 1.62. The molecule has 8 aromatic rings. The van der Waals surface area contributed by atoms with Crippen LogP contribution >= 0.6 is 0 Å². The molecule has 0 aliphatic carbocycles. The number of nitrogens with zero attached hydrogens (tertiary/aromatic N) is 2. The van der Waals surface area contributed by atoms with Crippen LogP contribution in [0.25, 0.3) is 70.8 Å². The van der Waals surface area contributed by atoms with Gasteiger partial charge >= 0.3 is 0 Å². The second kappa shape index (κ2) is 6.74. The highest BCUT2D eigenvalue weighted by molar-refractivity contribution is 6.31. The zero-order valence-electron chi connectivity index (χ0n) is 19.4. The molecule has 0 amide bonds. The molecule has 164 valence electrons. The smallest absolute Gasteiger partial charge is 0.0568 e. The Morgan fingerprint density at radius 2 is 1.06 bits per heavy atom. The molecule has 2 nitrogen and oxygen atoms in total. The first-order valence-electron chi connectivity index (χ1n) is 12.1. The first kappa shape index (κ1) is 18.8. The quantitative estimate of drug-likeness (QED) is 0.223. The molecule has 2 heteroatoms. The zero-order chi connectivity index (χ0) is 23.1. The van der Waals surface area contributed by atoms with Gasteiger partial charge < -0.3 is 9.13 Å². The molecule has 0 spiro atoms. The van der Waals surface area contributed by atoms with Crippen LogP contribution in [0.1, 0.15) is 0 Å². The maximum atomic E-state index is 2.40. The topological polar surface area (TPSA) is 9.86 Å². The third-order valence-electron chi connectivity index (χ3n) is 7.69. The normalized spacial score (nSPS) is 12.1. The molecule has 6 aromatic carbocycles. The Morgan fingerprint density at radius 3 is 1.91 bits per heavy atom. The number of hydrogen-bond acceptors (Lipinski definition) is 0. The first-order chi connectivity index (χ1) is 17.3. The van der Waals surface area contributed by atoms with Crippen LogP contribution in [0.4, 0.5) is 0 Å². The van der Waals surface area contributed by atoms with Gasteiger partial charge in [-0.05, 0) is 46.5 Å². The lowest BCUT2D eigenvalue weighted by Crippen LogP contribution is -1.93. The Hall–Kier alpha value is -4.56. The van der Waals surface area contributed by atoms with E-state index >= 15 is 0 Å². The van der Waals surface area contributed by atoms with Gasteiger partial charge in [-0.1, -0.05) is 84.9 Å². The van der Waals surface area contributed by atoms with E-state index in [9.17, 15) is 0 Å². The van der Waals surface area contributed by atoms with Gasteiger partial charge in [0.1, 0.15) is 0 Å². The molecule has 0 radical (unpaired) electrons. The highest BCUT2D eigenvalue weighted by atomic mass is 15.0. The minimum absolute atomic E-state index is 1.19. The highest BCUT2D eigenvalue weighted by Crippen LogP contribution is 2.42. The lowest BCUT2D eigenvalue weighted by molar-refractivity contribution is 1.02. The van der Waals surface area contributed by atoms with Gasteiger partial charge in [0.05, 0.1) is 16.6 Å². The molecule has 0 aliphatic rings. The van der Waals surface area contributed by atoms with Crippen LogP contribution in [-0.2, 0) is 7.05 Å². The fourth-order valence-corrected chi connectivity index (χ4v) is 6.22. The molecule has 35 heavy (non-hydrogen) atoms. The Kier molecular flexibility index (Phi) is 3.62. The van der Waals surface area contributed by atoms with Crippen molar-refractivity contribution in [3.05, 3.63) is 115 Å². The molecular weight excluding hydrogens is 424 g/mol. The molecule has 0 atom stereocenters.